The van der Waals surface area contributed by atoms with Gasteiger partial charge in [0.05, 0.1) is 17.4 Å². The van der Waals surface area contributed by atoms with Crippen molar-refractivity contribution in [1.82, 2.24) is 15.3 Å². The summed E-state index contributed by atoms with van der Waals surface area (Å²) in [6.07, 6.45) is 3.32. The maximum Gasteiger partial charge on any atom is 0.321 e. The van der Waals surface area contributed by atoms with Crippen LogP contribution in [-0.2, 0) is 4.74 Å². The number of carbonyl (C=O) groups is 1. The number of benzene rings is 1. The molecule has 3 N–H and O–H groups in total. The smallest absolute Gasteiger partial charge is 0.321 e. The van der Waals surface area contributed by atoms with Crippen LogP contribution in [0.3, 0.4) is 0 Å². The number of aromatic nitrogens is 2. The van der Waals surface area contributed by atoms with E-state index in [0.29, 0.717) is 6.61 Å². The van der Waals surface area contributed by atoms with E-state index in [0.717, 1.165) is 29.6 Å². The van der Waals surface area contributed by atoms with Gasteiger partial charge in [0.25, 0.3) is 0 Å². The van der Waals surface area contributed by atoms with Crippen molar-refractivity contribution >= 4 is 22.8 Å². The van der Waals surface area contributed by atoms with Gasteiger partial charge in [-0.3, -0.25) is 0 Å². The zero-order chi connectivity index (χ0) is 12.4. The Morgan fingerprint density at radius 2 is 2.44 bits per heavy atom. The van der Waals surface area contributed by atoms with E-state index < -0.39 is 0 Å². The molecular formula is C12H14N4O2. The van der Waals surface area contributed by atoms with Gasteiger partial charge in [0, 0.05) is 12.3 Å². The number of fused-ring (bicyclic) bond motifs is 1. The number of ether oxygens (including phenoxy) is 1. The molecule has 0 bridgehead atoms. The molecule has 1 unspecified atom stereocenters. The minimum absolute atomic E-state index is 0.166. The number of hydrogen-bond acceptors (Lipinski definition) is 3. The minimum atomic E-state index is -0.249. The molecule has 1 aromatic heterocycles. The molecule has 1 atom stereocenters. The Morgan fingerprint density at radius 1 is 1.50 bits per heavy atom. The number of anilines is 1. The molecule has 1 aromatic carbocycles. The van der Waals surface area contributed by atoms with Crippen LogP contribution in [0.1, 0.15) is 12.8 Å². The van der Waals surface area contributed by atoms with E-state index >= 15 is 0 Å². The second kappa shape index (κ2) is 4.66. The fourth-order valence-corrected chi connectivity index (χ4v) is 2.02. The zero-order valence-electron chi connectivity index (χ0n) is 9.77. The lowest BCUT2D eigenvalue weighted by Crippen LogP contribution is -2.37. The molecule has 1 saturated heterocycles. The quantitative estimate of drug-likeness (QED) is 0.756. The Hall–Kier alpha value is -2.08. The number of urea groups is 1. The molecule has 94 valence electrons. The normalized spacial score (nSPS) is 19.0. The first-order chi connectivity index (χ1) is 8.81. The van der Waals surface area contributed by atoms with Crippen LogP contribution in [0.4, 0.5) is 10.5 Å². The van der Waals surface area contributed by atoms with Gasteiger partial charge in [0.15, 0.2) is 0 Å². The second-order valence-corrected chi connectivity index (χ2v) is 4.23. The van der Waals surface area contributed by atoms with Crippen molar-refractivity contribution in [2.24, 2.45) is 0 Å². The number of H-pyrrole nitrogens is 1. The lowest BCUT2D eigenvalue weighted by Gasteiger charge is -2.12. The van der Waals surface area contributed by atoms with E-state index in [2.05, 4.69) is 20.6 Å². The van der Waals surface area contributed by atoms with Crippen molar-refractivity contribution in [3.8, 4) is 0 Å². The van der Waals surface area contributed by atoms with Gasteiger partial charge >= 0.3 is 6.03 Å². The molecule has 18 heavy (non-hydrogen) atoms. The Balaban J connectivity index is 1.65. The number of aromatic amines is 1. The topological polar surface area (TPSA) is 79.0 Å². The van der Waals surface area contributed by atoms with Gasteiger partial charge in [-0.05, 0) is 31.0 Å². The lowest BCUT2D eigenvalue weighted by molar-refractivity contribution is 0.0928. The fraction of sp³-hybridized carbons (Fsp3) is 0.333. The third-order valence-electron chi connectivity index (χ3n) is 2.90. The van der Waals surface area contributed by atoms with Gasteiger partial charge in [0.1, 0.15) is 6.23 Å². The average Bonchev–Trinajstić information content (AvgIpc) is 2.98. The van der Waals surface area contributed by atoms with Crippen molar-refractivity contribution in [2.45, 2.75) is 19.1 Å². The summed E-state index contributed by atoms with van der Waals surface area (Å²) in [7, 11) is 0. The van der Waals surface area contributed by atoms with Crippen LogP contribution in [0.15, 0.2) is 24.5 Å². The van der Waals surface area contributed by atoms with Crippen LogP contribution in [0, 0.1) is 0 Å². The summed E-state index contributed by atoms with van der Waals surface area (Å²) in [6.45, 7) is 0.713. The molecule has 6 nitrogen and oxygen atoms in total. The van der Waals surface area contributed by atoms with Crippen LogP contribution in [0.5, 0.6) is 0 Å². The molecule has 1 fully saturated rings. The number of carbonyl (C=O) groups excluding carboxylic acids is 1. The number of imidazole rings is 1. The van der Waals surface area contributed by atoms with E-state index in [1.165, 1.54) is 0 Å². The van der Waals surface area contributed by atoms with Crippen molar-refractivity contribution in [3.63, 3.8) is 0 Å². The Kier molecular flexibility index (Phi) is 2.85. The molecule has 1 aliphatic heterocycles. The van der Waals surface area contributed by atoms with Crippen molar-refractivity contribution < 1.29 is 9.53 Å². The van der Waals surface area contributed by atoms with Crippen LogP contribution in [0.25, 0.3) is 11.0 Å². The van der Waals surface area contributed by atoms with Gasteiger partial charge in [-0.25, -0.2) is 9.78 Å². The molecule has 2 amide bonds. The summed E-state index contributed by atoms with van der Waals surface area (Å²) < 4.78 is 5.33. The SMILES string of the molecule is O=C(Nc1ccc2nc[nH]c2c1)NC1CCCO1. The zero-order valence-corrected chi connectivity index (χ0v) is 9.77. The largest absolute Gasteiger partial charge is 0.358 e. The van der Waals surface area contributed by atoms with E-state index in [-0.39, 0.29) is 12.3 Å². The molecular weight excluding hydrogens is 232 g/mol. The maximum atomic E-state index is 11.7. The first-order valence-electron chi connectivity index (χ1n) is 5.93. The molecule has 0 aliphatic carbocycles. The van der Waals surface area contributed by atoms with Crippen LogP contribution in [0.2, 0.25) is 0 Å². The van der Waals surface area contributed by atoms with Crippen LogP contribution < -0.4 is 10.6 Å². The monoisotopic (exact) mass is 246 g/mol. The third-order valence-corrected chi connectivity index (χ3v) is 2.90. The second-order valence-electron chi connectivity index (χ2n) is 4.23. The van der Waals surface area contributed by atoms with Crippen LogP contribution >= 0.6 is 0 Å². The van der Waals surface area contributed by atoms with Crippen molar-refractivity contribution in [1.29, 1.82) is 0 Å². The molecule has 3 rings (SSSR count). The first-order valence-corrected chi connectivity index (χ1v) is 5.93. The van der Waals surface area contributed by atoms with Gasteiger partial charge in [0.2, 0.25) is 0 Å². The predicted octanol–water partition coefficient (Wildman–Crippen LogP) is 1.82. The summed E-state index contributed by atoms with van der Waals surface area (Å²) in [6, 6.07) is 5.27. The fourth-order valence-electron chi connectivity index (χ4n) is 2.02. The minimum Gasteiger partial charge on any atom is -0.358 e. The molecule has 0 radical (unpaired) electrons. The number of hydrogen-bond donors (Lipinski definition) is 3. The summed E-state index contributed by atoms with van der Waals surface area (Å²) in [5.41, 5.74) is 2.49. The van der Waals surface area contributed by atoms with Crippen LogP contribution in [-0.4, -0.2) is 28.8 Å². The Labute approximate surface area is 104 Å². The first kappa shape index (κ1) is 11.0. The maximum absolute atomic E-state index is 11.7. The standard InChI is InChI=1S/C12H14N4O2/c17-12(16-11-2-1-5-18-11)15-8-3-4-9-10(6-8)14-7-13-9/h3-4,6-7,11H,1-2,5H2,(H,13,14)(H2,15,16,17). The average molecular weight is 246 g/mol. The van der Waals surface area contributed by atoms with E-state index in [4.69, 9.17) is 4.74 Å². The number of rotatable bonds is 2. The van der Waals surface area contributed by atoms with Crippen molar-refractivity contribution in [2.75, 3.05) is 11.9 Å². The van der Waals surface area contributed by atoms with Gasteiger partial charge in [-0.1, -0.05) is 0 Å². The number of nitrogens with zero attached hydrogens (tertiary/aromatic N) is 1. The van der Waals surface area contributed by atoms with E-state index in [1.807, 2.05) is 18.2 Å². The van der Waals surface area contributed by atoms with E-state index in [1.54, 1.807) is 6.33 Å². The van der Waals surface area contributed by atoms with E-state index in [9.17, 15) is 4.79 Å². The molecule has 2 aromatic rings. The highest BCUT2D eigenvalue weighted by atomic mass is 16.5. The van der Waals surface area contributed by atoms with Crippen molar-refractivity contribution in [3.05, 3.63) is 24.5 Å². The number of nitrogens with one attached hydrogen (secondary N) is 3. The molecule has 2 heterocycles. The summed E-state index contributed by atoms with van der Waals surface area (Å²) in [4.78, 5) is 18.8. The summed E-state index contributed by atoms with van der Waals surface area (Å²) in [5, 5.41) is 5.54. The molecule has 0 spiro atoms. The summed E-state index contributed by atoms with van der Waals surface area (Å²) >= 11 is 0. The Morgan fingerprint density at radius 3 is 3.28 bits per heavy atom. The highest BCUT2D eigenvalue weighted by Crippen LogP contribution is 2.16. The Bertz CT molecular complexity index is 560. The summed E-state index contributed by atoms with van der Waals surface area (Å²) in [5.74, 6) is 0. The van der Waals surface area contributed by atoms with Gasteiger partial charge in [-0.15, -0.1) is 0 Å². The molecule has 0 saturated carbocycles. The molecule has 1 aliphatic rings. The molecule has 6 heteroatoms. The third kappa shape index (κ3) is 2.28. The highest BCUT2D eigenvalue weighted by molar-refractivity contribution is 5.91. The highest BCUT2D eigenvalue weighted by Gasteiger charge is 2.17. The number of amides is 2. The van der Waals surface area contributed by atoms with Gasteiger partial charge in [-0.2, -0.15) is 0 Å². The predicted molar refractivity (Wildman–Crippen MR) is 67.2 cm³/mol. The lowest BCUT2D eigenvalue weighted by atomic mass is 10.3. The van der Waals surface area contributed by atoms with Gasteiger partial charge < -0.3 is 20.4 Å².